The summed E-state index contributed by atoms with van der Waals surface area (Å²) in [5.41, 5.74) is 4.81. The Morgan fingerprint density at radius 3 is 2.04 bits per heavy atom. The molecule has 1 aliphatic rings. The predicted octanol–water partition coefficient (Wildman–Crippen LogP) is 7.37. The molecular formula is C34H35ClN8O2. The monoisotopic (exact) mass is 622 g/mol. The van der Waals surface area contributed by atoms with E-state index in [9.17, 15) is 9.59 Å². The average molecular weight is 623 g/mol. The Kier molecular flexibility index (Phi) is 9.02. The Hall–Kier alpha value is -4.83. The smallest absolute Gasteiger partial charge is 0.320 e. The lowest BCUT2D eigenvalue weighted by molar-refractivity contribution is 0.154. The lowest BCUT2D eigenvalue weighted by atomic mass is 9.81. The molecule has 5 aromatic rings. The third-order valence-electron chi connectivity index (χ3n) is 8.53. The first-order valence-electron chi connectivity index (χ1n) is 15.3. The molecule has 2 amide bonds. The van der Waals surface area contributed by atoms with Crippen molar-refractivity contribution in [2.24, 2.45) is 0 Å². The van der Waals surface area contributed by atoms with Gasteiger partial charge in [-0.1, -0.05) is 82.7 Å². The highest BCUT2D eigenvalue weighted by atomic mass is 35.5. The highest BCUT2D eigenvalue weighted by Gasteiger charge is 2.30. The number of para-hydroxylation sites is 1. The van der Waals surface area contributed by atoms with Crippen LogP contribution in [0.2, 0.25) is 5.02 Å². The van der Waals surface area contributed by atoms with Gasteiger partial charge in [-0.3, -0.25) is 4.90 Å². The van der Waals surface area contributed by atoms with Crippen molar-refractivity contribution >= 4 is 29.4 Å². The number of rotatable bonds is 7. The minimum absolute atomic E-state index is 0.129. The SMILES string of the molecule is CCN(C(=O)n1cc(-c2ccc(C3CCC(N(CC)C(=O)n4cc(-c5ccccc5)nn4)CC3)cc2Cl)nn1)c1ccccc1. The molecule has 10 nitrogen and oxygen atoms in total. The molecule has 1 fully saturated rings. The number of amides is 2. The van der Waals surface area contributed by atoms with Gasteiger partial charge in [0.1, 0.15) is 11.4 Å². The largest absolute Gasteiger partial charge is 0.350 e. The summed E-state index contributed by atoms with van der Waals surface area (Å²) in [5, 5.41) is 17.3. The number of anilines is 1. The molecule has 0 atom stereocenters. The molecule has 0 bridgehead atoms. The number of hydrogen-bond acceptors (Lipinski definition) is 6. The number of halogens is 1. The minimum Gasteiger partial charge on any atom is -0.320 e. The zero-order valence-electron chi connectivity index (χ0n) is 25.3. The van der Waals surface area contributed by atoms with Crippen molar-refractivity contribution in [3.63, 3.8) is 0 Å². The fourth-order valence-electron chi connectivity index (χ4n) is 6.13. The van der Waals surface area contributed by atoms with E-state index in [0.717, 1.165) is 48.1 Å². The van der Waals surface area contributed by atoms with Crippen LogP contribution in [0.25, 0.3) is 22.5 Å². The molecule has 0 spiro atoms. The van der Waals surface area contributed by atoms with Crippen molar-refractivity contribution < 1.29 is 9.59 Å². The van der Waals surface area contributed by atoms with E-state index in [4.69, 9.17) is 11.6 Å². The first kappa shape index (κ1) is 30.2. The molecule has 3 aromatic carbocycles. The molecule has 1 aliphatic carbocycles. The molecule has 11 heteroatoms. The summed E-state index contributed by atoms with van der Waals surface area (Å²) in [5.74, 6) is 0.332. The van der Waals surface area contributed by atoms with E-state index >= 15 is 0 Å². The van der Waals surface area contributed by atoms with Gasteiger partial charge in [-0.15, -0.1) is 10.2 Å². The number of carbonyl (C=O) groups excluding carboxylic acids is 2. The standard InChI is InChI=1S/C34H35ClN8O2/c1-3-40(27-13-9-6-10-14-27)33(44)43-23-32(37-39-43)29-20-17-26(21-30(29)35)24-15-18-28(19-16-24)41(4-2)34(45)42-22-31(36-38-42)25-11-7-5-8-12-25/h5-14,17,20-24,28H,3-4,15-16,18-19H2,1-2H3. The summed E-state index contributed by atoms with van der Waals surface area (Å²) in [7, 11) is 0. The molecule has 2 aromatic heterocycles. The van der Waals surface area contributed by atoms with Gasteiger partial charge >= 0.3 is 12.1 Å². The van der Waals surface area contributed by atoms with Crippen LogP contribution in [-0.2, 0) is 0 Å². The maximum Gasteiger partial charge on any atom is 0.350 e. The zero-order chi connectivity index (χ0) is 31.3. The number of hydrogen-bond donors (Lipinski definition) is 0. The van der Waals surface area contributed by atoms with E-state index in [-0.39, 0.29) is 18.1 Å². The van der Waals surface area contributed by atoms with Crippen molar-refractivity contribution in [2.45, 2.75) is 51.5 Å². The first-order valence-corrected chi connectivity index (χ1v) is 15.7. The zero-order valence-corrected chi connectivity index (χ0v) is 26.1. The Morgan fingerprint density at radius 2 is 1.40 bits per heavy atom. The van der Waals surface area contributed by atoms with Gasteiger partial charge in [0.05, 0.1) is 17.4 Å². The summed E-state index contributed by atoms with van der Waals surface area (Å²) < 4.78 is 2.60. The average Bonchev–Trinajstić information content (AvgIpc) is 3.78. The van der Waals surface area contributed by atoms with Gasteiger partial charge < -0.3 is 4.90 Å². The summed E-state index contributed by atoms with van der Waals surface area (Å²) in [6.07, 6.45) is 6.97. The minimum atomic E-state index is -0.285. The molecule has 1 saturated carbocycles. The fourth-order valence-corrected chi connectivity index (χ4v) is 6.42. The Morgan fingerprint density at radius 1 is 0.778 bits per heavy atom. The maximum absolute atomic E-state index is 13.4. The van der Waals surface area contributed by atoms with Gasteiger partial charge in [0, 0.05) is 35.9 Å². The van der Waals surface area contributed by atoms with E-state index in [1.165, 1.54) is 9.36 Å². The van der Waals surface area contributed by atoms with E-state index in [1.54, 1.807) is 17.3 Å². The highest BCUT2D eigenvalue weighted by molar-refractivity contribution is 6.33. The van der Waals surface area contributed by atoms with Crippen LogP contribution in [-0.4, -0.2) is 66.1 Å². The molecule has 0 aliphatic heterocycles. The first-order chi connectivity index (χ1) is 22.0. The third kappa shape index (κ3) is 6.37. The van der Waals surface area contributed by atoms with E-state index in [1.807, 2.05) is 91.5 Å². The third-order valence-corrected chi connectivity index (χ3v) is 8.84. The molecule has 0 saturated heterocycles. The van der Waals surface area contributed by atoms with Crippen molar-refractivity contribution in [3.05, 3.63) is 102 Å². The van der Waals surface area contributed by atoms with Crippen LogP contribution >= 0.6 is 11.6 Å². The molecule has 0 radical (unpaired) electrons. The Labute approximate surface area is 267 Å². The number of benzene rings is 3. The molecule has 0 unspecified atom stereocenters. The van der Waals surface area contributed by atoms with Crippen molar-refractivity contribution in [2.75, 3.05) is 18.0 Å². The van der Waals surface area contributed by atoms with Crippen molar-refractivity contribution in [1.29, 1.82) is 0 Å². The van der Waals surface area contributed by atoms with E-state index in [2.05, 4.69) is 26.7 Å². The maximum atomic E-state index is 13.4. The van der Waals surface area contributed by atoms with E-state index < -0.39 is 0 Å². The van der Waals surface area contributed by atoms with Crippen molar-refractivity contribution in [1.82, 2.24) is 34.9 Å². The van der Waals surface area contributed by atoms with Crippen LogP contribution < -0.4 is 4.90 Å². The molecule has 230 valence electrons. The molecule has 2 heterocycles. The van der Waals surface area contributed by atoms with Crippen LogP contribution in [0, 0.1) is 0 Å². The summed E-state index contributed by atoms with van der Waals surface area (Å²) in [6, 6.07) is 24.9. The van der Waals surface area contributed by atoms with Crippen LogP contribution in [0.3, 0.4) is 0 Å². The summed E-state index contributed by atoms with van der Waals surface area (Å²) >= 11 is 6.77. The second kappa shape index (κ2) is 13.4. The second-order valence-corrected chi connectivity index (χ2v) is 11.5. The molecule has 6 rings (SSSR count). The van der Waals surface area contributed by atoms with Crippen molar-refractivity contribution in [3.8, 4) is 22.5 Å². The fraction of sp³-hybridized carbons (Fsp3) is 0.294. The predicted molar refractivity (Wildman–Crippen MR) is 174 cm³/mol. The lowest BCUT2D eigenvalue weighted by Gasteiger charge is -2.36. The highest BCUT2D eigenvalue weighted by Crippen LogP contribution is 2.38. The van der Waals surface area contributed by atoms with Gasteiger partial charge in [0.2, 0.25) is 0 Å². The van der Waals surface area contributed by atoms with Gasteiger partial charge in [-0.2, -0.15) is 9.36 Å². The Balaban J connectivity index is 1.09. The Bertz CT molecular complexity index is 1760. The van der Waals surface area contributed by atoms with Crippen LogP contribution in [0.15, 0.2) is 91.3 Å². The lowest BCUT2D eigenvalue weighted by Crippen LogP contribution is -2.44. The van der Waals surface area contributed by atoms with Crippen LogP contribution in [0.5, 0.6) is 0 Å². The normalized spacial score (nSPS) is 16.3. The molecule has 0 N–H and O–H groups in total. The topological polar surface area (TPSA) is 102 Å². The second-order valence-electron chi connectivity index (χ2n) is 11.1. The summed E-state index contributed by atoms with van der Waals surface area (Å²) in [4.78, 5) is 30.1. The quantitative estimate of drug-likeness (QED) is 0.188. The van der Waals surface area contributed by atoms with Gasteiger partial charge in [-0.05, 0) is 69.2 Å². The number of nitrogens with zero attached hydrogens (tertiary/aromatic N) is 8. The van der Waals surface area contributed by atoms with Gasteiger partial charge in [-0.25, -0.2) is 9.59 Å². The molecular weight excluding hydrogens is 588 g/mol. The number of carbonyl (C=O) groups is 2. The van der Waals surface area contributed by atoms with E-state index in [0.29, 0.717) is 35.4 Å². The molecule has 45 heavy (non-hydrogen) atoms. The van der Waals surface area contributed by atoms with Crippen LogP contribution in [0.1, 0.15) is 51.0 Å². The van der Waals surface area contributed by atoms with Gasteiger partial charge in [0.15, 0.2) is 0 Å². The number of aromatic nitrogens is 6. The summed E-state index contributed by atoms with van der Waals surface area (Å²) in [6.45, 7) is 5.01. The van der Waals surface area contributed by atoms with Gasteiger partial charge in [0.25, 0.3) is 0 Å². The van der Waals surface area contributed by atoms with Crippen LogP contribution in [0.4, 0.5) is 15.3 Å².